The van der Waals surface area contributed by atoms with E-state index in [4.69, 9.17) is 4.74 Å². The van der Waals surface area contributed by atoms with Crippen LogP contribution in [-0.2, 0) is 16.0 Å². The highest BCUT2D eigenvalue weighted by atomic mass is 19.1. The van der Waals surface area contributed by atoms with E-state index in [0.717, 1.165) is 28.6 Å². The predicted octanol–water partition coefficient (Wildman–Crippen LogP) is 2.96. The number of amides is 1. The van der Waals surface area contributed by atoms with Gasteiger partial charge in [0.15, 0.2) is 6.61 Å². The molecule has 1 amide bonds. The van der Waals surface area contributed by atoms with E-state index in [0.29, 0.717) is 19.0 Å². The van der Waals surface area contributed by atoms with Crippen LogP contribution in [0.25, 0.3) is 10.9 Å². The summed E-state index contributed by atoms with van der Waals surface area (Å²) in [5, 5.41) is 3.72. The van der Waals surface area contributed by atoms with Crippen molar-refractivity contribution in [3.63, 3.8) is 0 Å². The first-order valence-corrected chi connectivity index (χ1v) is 7.98. The Morgan fingerprint density at radius 2 is 1.81 bits per heavy atom. The number of halogens is 2. The third-order valence-corrected chi connectivity index (χ3v) is 3.82. The quantitative estimate of drug-likeness (QED) is 0.666. The average molecular weight is 358 g/mol. The van der Waals surface area contributed by atoms with Crippen LogP contribution in [0.1, 0.15) is 15.9 Å². The number of fused-ring (bicyclic) bond motifs is 1. The zero-order chi connectivity index (χ0) is 18.5. The van der Waals surface area contributed by atoms with Crippen LogP contribution in [0.2, 0.25) is 0 Å². The summed E-state index contributed by atoms with van der Waals surface area (Å²) >= 11 is 0. The number of carbonyl (C=O) groups excluding carboxylic acids is 2. The second-order valence-electron chi connectivity index (χ2n) is 5.69. The molecule has 0 aliphatic carbocycles. The van der Waals surface area contributed by atoms with Gasteiger partial charge in [-0.1, -0.05) is 18.2 Å². The number of carbonyl (C=O) groups is 2. The van der Waals surface area contributed by atoms with Crippen LogP contribution in [0.4, 0.5) is 8.78 Å². The standard InChI is InChI=1S/C19H16F2N2O3/c20-14-7-13(8-15(21)9-14)19(25)26-11-18(24)22-6-5-12-10-23-17-4-2-1-3-16(12)17/h1-4,7-10,23H,5-6,11H2,(H,22,24). The summed E-state index contributed by atoms with van der Waals surface area (Å²) in [7, 11) is 0. The zero-order valence-corrected chi connectivity index (χ0v) is 13.7. The van der Waals surface area contributed by atoms with Gasteiger partial charge in [0.25, 0.3) is 5.91 Å². The van der Waals surface area contributed by atoms with Gasteiger partial charge in [-0.05, 0) is 30.2 Å². The van der Waals surface area contributed by atoms with Gasteiger partial charge >= 0.3 is 5.97 Å². The highest BCUT2D eigenvalue weighted by Gasteiger charge is 2.13. The first-order chi connectivity index (χ1) is 12.5. The maximum atomic E-state index is 13.1. The Kier molecular flexibility index (Phi) is 5.26. The molecule has 0 atom stereocenters. The van der Waals surface area contributed by atoms with Crippen molar-refractivity contribution in [1.82, 2.24) is 10.3 Å². The first kappa shape index (κ1) is 17.6. The van der Waals surface area contributed by atoms with Gasteiger partial charge < -0.3 is 15.0 Å². The highest BCUT2D eigenvalue weighted by Crippen LogP contribution is 2.17. The zero-order valence-electron chi connectivity index (χ0n) is 13.7. The third-order valence-electron chi connectivity index (χ3n) is 3.82. The average Bonchev–Trinajstić information content (AvgIpc) is 3.02. The summed E-state index contributed by atoms with van der Waals surface area (Å²) in [6, 6.07) is 10.2. The minimum absolute atomic E-state index is 0.283. The Balaban J connectivity index is 1.46. The summed E-state index contributed by atoms with van der Waals surface area (Å²) in [5.41, 5.74) is 1.80. The number of para-hydroxylation sites is 1. The fourth-order valence-corrected chi connectivity index (χ4v) is 2.61. The van der Waals surface area contributed by atoms with Crippen LogP contribution in [0, 0.1) is 11.6 Å². The van der Waals surface area contributed by atoms with Gasteiger partial charge in [-0.2, -0.15) is 0 Å². The topological polar surface area (TPSA) is 71.2 Å². The number of hydrogen-bond donors (Lipinski definition) is 2. The number of H-pyrrole nitrogens is 1. The first-order valence-electron chi connectivity index (χ1n) is 7.98. The van der Waals surface area contributed by atoms with Crippen molar-refractivity contribution in [3.8, 4) is 0 Å². The molecule has 7 heteroatoms. The molecular weight excluding hydrogens is 342 g/mol. The Morgan fingerprint density at radius 3 is 2.58 bits per heavy atom. The molecule has 1 aromatic heterocycles. The number of ether oxygens (including phenoxy) is 1. The molecule has 0 saturated heterocycles. The van der Waals surface area contributed by atoms with E-state index >= 15 is 0 Å². The van der Waals surface area contributed by atoms with Gasteiger partial charge in [-0.15, -0.1) is 0 Å². The molecule has 0 unspecified atom stereocenters. The lowest BCUT2D eigenvalue weighted by molar-refractivity contribution is -0.124. The van der Waals surface area contributed by atoms with Crippen molar-refractivity contribution in [2.75, 3.05) is 13.2 Å². The summed E-state index contributed by atoms with van der Waals surface area (Å²) in [6.07, 6.45) is 2.49. The SMILES string of the molecule is O=C(COC(=O)c1cc(F)cc(F)c1)NCCc1c[nH]c2ccccc12. The van der Waals surface area contributed by atoms with Gasteiger partial charge in [0, 0.05) is 29.7 Å². The second kappa shape index (κ2) is 7.77. The van der Waals surface area contributed by atoms with E-state index < -0.39 is 30.1 Å². The van der Waals surface area contributed by atoms with E-state index in [1.54, 1.807) is 0 Å². The van der Waals surface area contributed by atoms with Crippen LogP contribution >= 0.6 is 0 Å². The molecule has 0 fully saturated rings. The van der Waals surface area contributed by atoms with E-state index in [2.05, 4.69) is 10.3 Å². The molecule has 0 spiro atoms. The maximum Gasteiger partial charge on any atom is 0.338 e. The highest BCUT2D eigenvalue weighted by molar-refractivity contribution is 5.91. The summed E-state index contributed by atoms with van der Waals surface area (Å²) in [5.74, 6) is -3.23. The Labute approximate surface area is 148 Å². The fourth-order valence-electron chi connectivity index (χ4n) is 2.61. The van der Waals surface area contributed by atoms with Crippen molar-refractivity contribution < 1.29 is 23.1 Å². The minimum Gasteiger partial charge on any atom is -0.452 e. The number of aromatic amines is 1. The summed E-state index contributed by atoms with van der Waals surface area (Å²) in [6.45, 7) is -0.155. The van der Waals surface area contributed by atoms with Gasteiger partial charge in [-0.25, -0.2) is 13.6 Å². The van der Waals surface area contributed by atoms with Gasteiger partial charge in [-0.3, -0.25) is 4.79 Å². The molecule has 3 rings (SSSR count). The molecule has 2 N–H and O–H groups in total. The van der Waals surface area contributed by atoms with Crippen LogP contribution in [0.5, 0.6) is 0 Å². The van der Waals surface area contributed by atoms with Crippen LogP contribution in [0.3, 0.4) is 0 Å². The van der Waals surface area contributed by atoms with Crippen LogP contribution in [0.15, 0.2) is 48.7 Å². The lowest BCUT2D eigenvalue weighted by atomic mass is 10.1. The largest absolute Gasteiger partial charge is 0.452 e. The summed E-state index contributed by atoms with van der Waals surface area (Å²) < 4.78 is 30.9. The lowest BCUT2D eigenvalue weighted by Gasteiger charge is -2.07. The molecule has 134 valence electrons. The van der Waals surface area contributed by atoms with Gasteiger partial charge in [0.05, 0.1) is 5.56 Å². The number of nitrogens with one attached hydrogen (secondary N) is 2. The van der Waals surface area contributed by atoms with Crippen molar-refractivity contribution in [3.05, 3.63) is 71.4 Å². The lowest BCUT2D eigenvalue weighted by Crippen LogP contribution is -2.30. The van der Waals surface area contributed by atoms with E-state index in [1.165, 1.54) is 0 Å². The molecule has 3 aromatic rings. The van der Waals surface area contributed by atoms with E-state index in [-0.39, 0.29) is 5.56 Å². The monoisotopic (exact) mass is 358 g/mol. The molecule has 0 saturated carbocycles. The molecule has 0 aliphatic rings. The molecule has 1 heterocycles. The summed E-state index contributed by atoms with van der Waals surface area (Å²) in [4.78, 5) is 26.6. The molecule has 26 heavy (non-hydrogen) atoms. The Morgan fingerprint density at radius 1 is 1.08 bits per heavy atom. The van der Waals surface area contributed by atoms with Crippen molar-refractivity contribution in [2.24, 2.45) is 0 Å². The number of hydrogen-bond acceptors (Lipinski definition) is 3. The fraction of sp³-hybridized carbons (Fsp3) is 0.158. The van der Waals surface area contributed by atoms with Crippen LogP contribution in [-0.4, -0.2) is 30.0 Å². The Bertz CT molecular complexity index is 933. The third kappa shape index (κ3) is 4.24. The minimum atomic E-state index is -0.963. The van der Waals surface area contributed by atoms with Crippen molar-refractivity contribution in [2.45, 2.75) is 6.42 Å². The molecule has 2 aromatic carbocycles. The van der Waals surface area contributed by atoms with E-state index in [1.807, 2.05) is 30.5 Å². The smallest absolute Gasteiger partial charge is 0.338 e. The number of esters is 1. The van der Waals surface area contributed by atoms with E-state index in [9.17, 15) is 18.4 Å². The second-order valence-corrected chi connectivity index (χ2v) is 5.69. The number of rotatable bonds is 6. The predicted molar refractivity (Wildman–Crippen MR) is 91.7 cm³/mol. The maximum absolute atomic E-state index is 13.1. The van der Waals surface area contributed by atoms with Crippen molar-refractivity contribution >= 4 is 22.8 Å². The van der Waals surface area contributed by atoms with Crippen molar-refractivity contribution in [1.29, 1.82) is 0 Å². The number of benzene rings is 2. The van der Waals surface area contributed by atoms with Gasteiger partial charge in [0.2, 0.25) is 0 Å². The van der Waals surface area contributed by atoms with Gasteiger partial charge in [0.1, 0.15) is 11.6 Å². The van der Waals surface area contributed by atoms with Crippen LogP contribution < -0.4 is 5.32 Å². The normalized spacial score (nSPS) is 10.7. The molecule has 0 aliphatic heterocycles. The molecule has 0 bridgehead atoms. The Hall–Kier alpha value is -3.22. The molecule has 5 nitrogen and oxygen atoms in total. The number of aromatic nitrogens is 1. The molecular formula is C19H16F2N2O3. The molecule has 0 radical (unpaired) electrons.